The van der Waals surface area contributed by atoms with Crippen molar-refractivity contribution >= 4 is 33.0 Å². The fourth-order valence-electron chi connectivity index (χ4n) is 4.24. The minimum atomic E-state index is -3.70. The highest BCUT2D eigenvalue weighted by Crippen LogP contribution is 2.32. The van der Waals surface area contributed by atoms with Crippen LogP contribution in [-0.4, -0.2) is 99.4 Å². The Bertz CT molecular complexity index is 1590. The van der Waals surface area contributed by atoms with Crippen molar-refractivity contribution in [1.82, 2.24) is 29.0 Å². The Morgan fingerprint density at radius 3 is 2.27 bits per heavy atom. The molecule has 3 aromatic rings. The molecule has 0 unspecified atom stereocenters. The van der Waals surface area contributed by atoms with Crippen LogP contribution in [0.25, 0.3) is 22.4 Å². The van der Waals surface area contributed by atoms with Gasteiger partial charge in [0.05, 0.1) is 22.8 Å². The number of nitrogens with one attached hydrogen (secondary N) is 1. The predicted octanol–water partition coefficient (Wildman–Crippen LogP) is 1.32. The van der Waals surface area contributed by atoms with Gasteiger partial charge in [-0.1, -0.05) is 13.3 Å². The van der Waals surface area contributed by atoms with Crippen molar-refractivity contribution in [3.05, 3.63) is 46.4 Å². The van der Waals surface area contributed by atoms with Crippen molar-refractivity contribution in [3.63, 3.8) is 0 Å². The summed E-state index contributed by atoms with van der Waals surface area (Å²) >= 11 is 0. The Morgan fingerprint density at radius 2 is 1.71 bits per heavy atom. The summed E-state index contributed by atoms with van der Waals surface area (Å²) in [6.07, 6.45) is 2.66. The number of aryl methyl sites for hydroxylation is 2. The van der Waals surface area contributed by atoms with E-state index in [2.05, 4.69) is 15.0 Å². The summed E-state index contributed by atoms with van der Waals surface area (Å²) in [6, 6.07) is 4.71. The number of carboxylic acids is 2. The molecule has 0 aliphatic carbocycles. The number of fused-ring (bicyclic) bond motifs is 1. The summed E-state index contributed by atoms with van der Waals surface area (Å²) in [5, 5.41) is 20.1. The maximum absolute atomic E-state index is 13.3. The van der Waals surface area contributed by atoms with E-state index in [0.29, 0.717) is 73.7 Å². The Labute approximate surface area is 236 Å². The summed E-state index contributed by atoms with van der Waals surface area (Å²) in [4.78, 5) is 41.8. The molecular weight excluding hydrogens is 556 g/mol. The maximum atomic E-state index is 13.3. The van der Waals surface area contributed by atoms with Crippen molar-refractivity contribution in [2.45, 2.75) is 31.6 Å². The summed E-state index contributed by atoms with van der Waals surface area (Å²) in [5.41, 5.74) is 1.75. The molecular formula is C26H34N6O8S. The number of hydrogen-bond acceptors (Lipinski definition) is 9. The van der Waals surface area contributed by atoms with Gasteiger partial charge in [-0.05, 0) is 38.6 Å². The van der Waals surface area contributed by atoms with Gasteiger partial charge in [0.2, 0.25) is 10.0 Å². The fourth-order valence-corrected chi connectivity index (χ4v) is 5.68. The second-order valence-corrected chi connectivity index (χ2v) is 11.2. The summed E-state index contributed by atoms with van der Waals surface area (Å²) in [7, 11) is -0.00831. The molecule has 0 amide bonds. The third-order valence-corrected chi connectivity index (χ3v) is 8.12. The first-order valence-electron chi connectivity index (χ1n) is 12.9. The highest BCUT2D eigenvalue weighted by molar-refractivity contribution is 7.89. The van der Waals surface area contributed by atoms with Gasteiger partial charge in [0, 0.05) is 45.4 Å². The smallest absolute Gasteiger partial charge is 0.328 e. The lowest BCUT2D eigenvalue weighted by molar-refractivity contribution is -0.134. The molecule has 0 radical (unpaired) electrons. The number of carboxylic acid groups (broad SMARTS) is 2. The van der Waals surface area contributed by atoms with E-state index in [-0.39, 0.29) is 16.3 Å². The molecule has 4 rings (SSSR count). The van der Waals surface area contributed by atoms with E-state index in [4.69, 9.17) is 19.9 Å². The number of sulfonamides is 1. The van der Waals surface area contributed by atoms with Gasteiger partial charge in [0.1, 0.15) is 17.1 Å². The monoisotopic (exact) mass is 590 g/mol. The quantitative estimate of drug-likeness (QED) is 0.305. The van der Waals surface area contributed by atoms with Crippen molar-refractivity contribution in [2.24, 2.45) is 7.05 Å². The Hall–Kier alpha value is -4.08. The molecule has 0 bridgehead atoms. The van der Waals surface area contributed by atoms with Gasteiger partial charge in [-0.15, -0.1) is 0 Å². The number of carbonyl (C=O) groups is 2. The van der Waals surface area contributed by atoms with Crippen molar-refractivity contribution < 1.29 is 33.0 Å². The molecule has 1 aromatic carbocycles. The summed E-state index contributed by atoms with van der Waals surface area (Å²) in [5.74, 6) is -1.80. The lowest BCUT2D eigenvalue weighted by Gasteiger charge is -2.31. The van der Waals surface area contributed by atoms with E-state index in [0.717, 1.165) is 12.1 Å². The van der Waals surface area contributed by atoms with Crippen LogP contribution in [0.3, 0.4) is 0 Å². The molecule has 3 heterocycles. The zero-order chi connectivity index (χ0) is 30.3. The normalized spacial score (nSPS) is 14.6. The lowest BCUT2D eigenvalue weighted by atomic mass is 10.1. The second-order valence-electron chi connectivity index (χ2n) is 9.24. The first-order chi connectivity index (χ1) is 19.4. The zero-order valence-electron chi connectivity index (χ0n) is 23.3. The minimum Gasteiger partial charge on any atom is -0.493 e. The van der Waals surface area contributed by atoms with Crippen LogP contribution in [0.1, 0.15) is 26.0 Å². The number of nitrogens with zero attached hydrogens (tertiary/aromatic N) is 5. The number of benzene rings is 1. The molecule has 1 aliphatic rings. The highest BCUT2D eigenvalue weighted by atomic mass is 32.2. The average Bonchev–Trinajstić information content (AvgIpc) is 3.24. The number of likely N-dealkylation sites (N-methyl/N-ethyl adjacent to an activating group) is 1. The van der Waals surface area contributed by atoms with Crippen molar-refractivity contribution in [3.8, 4) is 17.1 Å². The Kier molecular flexibility index (Phi) is 10.4. The Balaban J connectivity index is 0.000000507. The van der Waals surface area contributed by atoms with Crippen LogP contribution in [0.2, 0.25) is 0 Å². The number of aromatic amines is 1. The number of H-pyrrole nitrogens is 1. The largest absolute Gasteiger partial charge is 0.493 e. The fraction of sp³-hybridized carbons (Fsp3) is 0.423. The number of aliphatic carboxylic acids is 2. The van der Waals surface area contributed by atoms with Crippen molar-refractivity contribution in [2.75, 3.05) is 39.8 Å². The highest BCUT2D eigenvalue weighted by Gasteiger charge is 2.29. The molecule has 41 heavy (non-hydrogen) atoms. The maximum Gasteiger partial charge on any atom is 0.328 e. The molecule has 1 saturated heterocycles. The number of piperazine rings is 1. The minimum absolute atomic E-state index is 0.147. The van der Waals surface area contributed by atoms with E-state index >= 15 is 0 Å². The van der Waals surface area contributed by atoms with Gasteiger partial charge in [-0.3, -0.25) is 9.48 Å². The molecule has 15 heteroatoms. The molecule has 14 nitrogen and oxygen atoms in total. The second kappa shape index (κ2) is 13.5. The van der Waals surface area contributed by atoms with Gasteiger partial charge >= 0.3 is 11.9 Å². The first kappa shape index (κ1) is 31.4. The van der Waals surface area contributed by atoms with E-state index in [1.165, 1.54) is 8.99 Å². The summed E-state index contributed by atoms with van der Waals surface area (Å²) < 4.78 is 35.4. The molecule has 0 saturated carbocycles. The molecule has 3 N–H and O–H groups in total. The molecule has 2 aromatic heterocycles. The van der Waals surface area contributed by atoms with E-state index in [1.807, 2.05) is 20.9 Å². The topological polar surface area (TPSA) is 188 Å². The lowest BCUT2D eigenvalue weighted by Crippen LogP contribution is -2.47. The molecule has 0 atom stereocenters. The van der Waals surface area contributed by atoms with Crippen LogP contribution < -0.4 is 10.3 Å². The van der Waals surface area contributed by atoms with Crippen LogP contribution in [0, 0.1) is 0 Å². The van der Waals surface area contributed by atoms with Gasteiger partial charge in [0.15, 0.2) is 5.52 Å². The zero-order valence-corrected chi connectivity index (χ0v) is 24.1. The number of rotatable bonds is 9. The van der Waals surface area contributed by atoms with Gasteiger partial charge in [-0.25, -0.2) is 23.0 Å². The van der Waals surface area contributed by atoms with Crippen molar-refractivity contribution in [1.29, 1.82) is 0 Å². The third-order valence-electron chi connectivity index (χ3n) is 6.22. The average molecular weight is 591 g/mol. The SMILES string of the molecule is CCCc1nn(C)c2c(=O)[nH]c(-c3cc(S(=O)(=O)N4CCN(C)CC4)ccc3OCC)nc12.O=C(O)C=CC(=O)O. The third kappa shape index (κ3) is 7.56. The van der Waals surface area contributed by atoms with E-state index in [9.17, 15) is 22.8 Å². The van der Waals surface area contributed by atoms with Crippen LogP contribution >= 0.6 is 0 Å². The van der Waals surface area contributed by atoms with Gasteiger partial charge in [0.25, 0.3) is 5.56 Å². The van der Waals surface area contributed by atoms with Gasteiger partial charge in [-0.2, -0.15) is 9.40 Å². The molecule has 1 fully saturated rings. The molecule has 222 valence electrons. The van der Waals surface area contributed by atoms with Crippen LogP contribution in [0.15, 0.2) is 40.0 Å². The number of ether oxygens (including phenoxy) is 1. The number of hydrogen-bond donors (Lipinski definition) is 3. The van der Waals surface area contributed by atoms with E-state index < -0.39 is 22.0 Å². The van der Waals surface area contributed by atoms with Crippen LogP contribution in [0.5, 0.6) is 5.75 Å². The number of aromatic nitrogens is 4. The van der Waals surface area contributed by atoms with Crippen LogP contribution in [-0.2, 0) is 33.1 Å². The van der Waals surface area contributed by atoms with Crippen LogP contribution in [0.4, 0.5) is 0 Å². The Morgan fingerprint density at radius 1 is 1.07 bits per heavy atom. The predicted molar refractivity (Wildman–Crippen MR) is 150 cm³/mol. The first-order valence-corrected chi connectivity index (χ1v) is 14.4. The molecule has 0 spiro atoms. The standard InChI is InChI=1S/C22H30N6O4S.C4H4O4/c1-5-7-17-19-20(27(4)25-17)22(29)24-21(23-19)16-14-15(8-9-18(16)32-6-2)33(30,31)28-12-10-26(3)11-13-28;5-3(6)1-2-4(7)8/h8-9,14H,5-7,10-13H2,1-4H3,(H,23,24,29);1-2H,(H,5,6)(H,7,8). The van der Waals surface area contributed by atoms with Gasteiger partial charge < -0.3 is 24.8 Å². The van der Waals surface area contributed by atoms with E-state index in [1.54, 1.807) is 25.2 Å². The molecule has 1 aliphatic heterocycles. The summed E-state index contributed by atoms with van der Waals surface area (Å²) in [6.45, 7) is 6.48.